The molecule has 2 aromatic carbocycles. The minimum Gasteiger partial charge on any atom is -0.477 e. The number of amides is 1. The number of rotatable bonds is 5. The minimum absolute atomic E-state index is 0.0550. The molecule has 0 radical (unpaired) electrons. The third-order valence-corrected chi connectivity index (χ3v) is 3.25. The Morgan fingerprint density at radius 2 is 1.96 bits per heavy atom. The zero-order valence-corrected chi connectivity index (χ0v) is 13.2. The zero-order valence-electron chi connectivity index (χ0n) is 12.5. The van der Waals surface area contributed by atoms with Crippen LogP contribution < -0.4 is 10.1 Å². The first-order valence-electron chi connectivity index (χ1n) is 6.91. The van der Waals surface area contributed by atoms with Gasteiger partial charge >= 0.3 is 0 Å². The lowest BCUT2D eigenvalue weighted by atomic mass is 10.1. The van der Waals surface area contributed by atoms with Crippen LogP contribution in [-0.2, 0) is 4.79 Å². The van der Waals surface area contributed by atoms with Gasteiger partial charge in [0, 0.05) is 5.69 Å². The number of anilines is 1. The Morgan fingerprint density at radius 3 is 2.58 bits per heavy atom. The summed E-state index contributed by atoms with van der Waals surface area (Å²) in [5.41, 5.74) is 1.12. The summed E-state index contributed by atoms with van der Waals surface area (Å²) >= 11 is 6.05. The highest BCUT2D eigenvalue weighted by molar-refractivity contribution is 6.32. The van der Waals surface area contributed by atoms with Crippen molar-refractivity contribution in [2.45, 2.75) is 0 Å². The van der Waals surface area contributed by atoms with E-state index in [0.717, 1.165) is 0 Å². The fourth-order valence-electron chi connectivity index (χ4n) is 1.87. The molecule has 1 amide bonds. The van der Waals surface area contributed by atoms with Gasteiger partial charge in [0.25, 0.3) is 5.91 Å². The van der Waals surface area contributed by atoms with E-state index in [2.05, 4.69) is 5.32 Å². The third-order valence-electron chi connectivity index (χ3n) is 2.96. The van der Waals surface area contributed by atoms with E-state index in [9.17, 15) is 10.1 Å². The van der Waals surface area contributed by atoms with Crippen LogP contribution in [0.3, 0.4) is 0 Å². The van der Waals surface area contributed by atoms with Gasteiger partial charge < -0.3 is 10.1 Å². The normalized spacial score (nSPS) is 10.4. The molecule has 0 aromatic heterocycles. The smallest absolute Gasteiger partial charge is 0.266 e. The van der Waals surface area contributed by atoms with Crippen LogP contribution in [0.1, 0.15) is 5.56 Å². The van der Waals surface area contributed by atoms with Crippen LogP contribution in [0.15, 0.2) is 54.1 Å². The summed E-state index contributed by atoms with van der Waals surface area (Å²) in [4.78, 5) is 12.1. The molecule has 0 spiro atoms. The maximum Gasteiger partial charge on any atom is 0.266 e. The van der Waals surface area contributed by atoms with Crippen LogP contribution in [0, 0.1) is 22.7 Å². The molecular weight excluding hydrogens is 326 g/mol. The Balaban J connectivity index is 2.18. The lowest BCUT2D eigenvalue weighted by Crippen LogP contribution is -2.13. The van der Waals surface area contributed by atoms with E-state index in [-0.39, 0.29) is 12.2 Å². The Labute approximate surface area is 144 Å². The summed E-state index contributed by atoms with van der Waals surface area (Å²) in [6.07, 6.45) is 1.43. The second kappa shape index (κ2) is 8.38. The highest BCUT2D eigenvalue weighted by atomic mass is 35.5. The third kappa shape index (κ3) is 4.61. The first kappa shape index (κ1) is 17.1. The maximum absolute atomic E-state index is 12.1. The molecule has 0 aliphatic heterocycles. The summed E-state index contributed by atoms with van der Waals surface area (Å²) in [5, 5.41) is 20.6. The number of nitriles is 2. The Kier molecular flexibility index (Phi) is 5.96. The van der Waals surface area contributed by atoms with Gasteiger partial charge in [0.2, 0.25) is 0 Å². The molecule has 0 heterocycles. The summed E-state index contributed by atoms with van der Waals surface area (Å²) in [5.74, 6) is -0.146. The van der Waals surface area contributed by atoms with Crippen molar-refractivity contribution in [2.24, 2.45) is 0 Å². The van der Waals surface area contributed by atoms with Crippen molar-refractivity contribution in [3.8, 4) is 17.9 Å². The first-order chi connectivity index (χ1) is 11.6. The largest absolute Gasteiger partial charge is 0.477 e. The highest BCUT2D eigenvalue weighted by Crippen LogP contribution is 2.26. The van der Waals surface area contributed by atoms with E-state index in [0.29, 0.717) is 22.0 Å². The van der Waals surface area contributed by atoms with E-state index in [1.165, 1.54) is 6.08 Å². The average molecular weight is 338 g/mol. The van der Waals surface area contributed by atoms with Crippen LogP contribution in [0.5, 0.6) is 5.75 Å². The predicted molar refractivity (Wildman–Crippen MR) is 91.2 cm³/mol. The monoisotopic (exact) mass is 337 g/mol. The summed E-state index contributed by atoms with van der Waals surface area (Å²) in [6, 6.07) is 17.3. The lowest BCUT2D eigenvalue weighted by molar-refractivity contribution is -0.112. The van der Waals surface area contributed by atoms with Crippen molar-refractivity contribution in [3.63, 3.8) is 0 Å². The van der Waals surface area contributed by atoms with Crippen molar-refractivity contribution in [3.05, 3.63) is 64.7 Å². The van der Waals surface area contributed by atoms with Gasteiger partial charge in [0.05, 0.1) is 5.02 Å². The maximum atomic E-state index is 12.1. The number of carbonyl (C=O) groups is 1. The minimum atomic E-state index is -0.510. The number of nitrogens with one attached hydrogen (secondary N) is 1. The predicted octanol–water partition coefficient (Wildman–Crippen LogP) is 3.79. The van der Waals surface area contributed by atoms with Gasteiger partial charge in [-0.05, 0) is 35.9 Å². The number of carbonyl (C=O) groups excluding carboxylic acids is 1. The molecule has 24 heavy (non-hydrogen) atoms. The van der Waals surface area contributed by atoms with Crippen LogP contribution in [0.25, 0.3) is 6.08 Å². The molecule has 1 N–H and O–H groups in total. The number of hydrogen-bond acceptors (Lipinski definition) is 4. The second-order valence-electron chi connectivity index (χ2n) is 4.63. The molecule has 2 aromatic rings. The van der Waals surface area contributed by atoms with Crippen LogP contribution in [-0.4, -0.2) is 12.5 Å². The average Bonchev–Trinajstić information content (AvgIpc) is 2.59. The molecule has 0 bridgehead atoms. The van der Waals surface area contributed by atoms with Crippen molar-refractivity contribution in [2.75, 3.05) is 11.9 Å². The SMILES string of the molecule is N#CCOc1ccc(/C=C(\C#N)C(=O)Nc2ccccc2)cc1Cl. The number of halogens is 1. The molecule has 0 saturated carbocycles. The van der Waals surface area contributed by atoms with E-state index < -0.39 is 5.91 Å². The number of nitrogens with zero attached hydrogens (tertiary/aromatic N) is 2. The number of para-hydroxylation sites is 1. The molecule has 6 heteroatoms. The molecule has 0 unspecified atom stereocenters. The van der Waals surface area contributed by atoms with Gasteiger partial charge in [0.15, 0.2) is 6.61 Å². The summed E-state index contributed by atoms with van der Waals surface area (Å²) in [7, 11) is 0. The second-order valence-corrected chi connectivity index (χ2v) is 5.03. The van der Waals surface area contributed by atoms with Gasteiger partial charge in [-0.2, -0.15) is 10.5 Å². The quantitative estimate of drug-likeness (QED) is 0.664. The van der Waals surface area contributed by atoms with E-state index in [1.54, 1.807) is 42.5 Å². The van der Waals surface area contributed by atoms with Crippen LogP contribution in [0.2, 0.25) is 5.02 Å². The van der Waals surface area contributed by atoms with Crippen molar-refractivity contribution in [1.29, 1.82) is 10.5 Å². The molecule has 0 saturated heterocycles. The molecule has 0 aliphatic carbocycles. The standard InChI is InChI=1S/C18H12ClN3O2/c19-16-11-13(6-7-17(16)24-9-8-20)10-14(12-21)18(23)22-15-4-2-1-3-5-15/h1-7,10-11H,9H2,(H,22,23)/b14-10+. The number of hydrogen-bond donors (Lipinski definition) is 1. The molecule has 2 rings (SSSR count). The van der Waals surface area contributed by atoms with Crippen molar-refractivity contribution >= 4 is 29.3 Å². The number of ether oxygens (including phenoxy) is 1. The van der Waals surface area contributed by atoms with Gasteiger partial charge in [-0.15, -0.1) is 0 Å². The van der Waals surface area contributed by atoms with E-state index in [4.69, 9.17) is 21.6 Å². The highest BCUT2D eigenvalue weighted by Gasteiger charge is 2.10. The summed E-state index contributed by atoms with van der Waals surface area (Å²) in [6.45, 7) is -0.113. The number of benzene rings is 2. The Morgan fingerprint density at radius 1 is 1.21 bits per heavy atom. The molecule has 118 valence electrons. The fourth-order valence-corrected chi connectivity index (χ4v) is 2.11. The van der Waals surface area contributed by atoms with Crippen molar-refractivity contribution < 1.29 is 9.53 Å². The van der Waals surface area contributed by atoms with E-state index >= 15 is 0 Å². The topological polar surface area (TPSA) is 85.9 Å². The molecule has 0 aliphatic rings. The first-order valence-corrected chi connectivity index (χ1v) is 7.29. The van der Waals surface area contributed by atoms with Crippen molar-refractivity contribution in [1.82, 2.24) is 0 Å². The van der Waals surface area contributed by atoms with Gasteiger partial charge in [-0.1, -0.05) is 35.9 Å². The van der Waals surface area contributed by atoms with Gasteiger partial charge in [-0.3, -0.25) is 4.79 Å². The lowest BCUT2D eigenvalue weighted by Gasteiger charge is -2.06. The molecule has 0 fully saturated rings. The van der Waals surface area contributed by atoms with Crippen LogP contribution >= 0.6 is 11.6 Å². The van der Waals surface area contributed by atoms with E-state index in [1.807, 2.05) is 18.2 Å². The van der Waals surface area contributed by atoms with Gasteiger partial charge in [0.1, 0.15) is 23.5 Å². The van der Waals surface area contributed by atoms with Gasteiger partial charge in [-0.25, -0.2) is 0 Å². The Hall–Kier alpha value is -3.28. The fraction of sp³-hybridized carbons (Fsp3) is 0.0556. The summed E-state index contributed by atoms with van der Waals surface area (Å²) < 4.78 is 5.14. The van der Waals surface area contributed by atoms with Crippen LogP contribution in [0.4, 0.5) is 5.69 Å². The Bertz CT molecular complexity index is 849. The molecule has 0 atom stereocenters. The molecule has 5 nitrogen and oxygen atoms in total. The zero-order chi connectivity index (χ0) is 17.4. The molecular formula is C18H12ClN3O2.